The van der Waals surface area contributed by atoms with Crippen molar-refractivity contribution in [1.29, 1.82) is 0 Å². The van der Waals surface area contributed by atoms with Crippen molar-refractivity contribution >= 4 is 11.8 Å². The number of ether oxygens (including phenoxy) is 1. The minimum absolute atomic E-state index is 0.00990. The van der Waals surface area contributed by atoms with Crippen LogP contribution in [-0.4, -0.2) is 35.4 Å². The third-order valence-corrected chi connectivity index (χ3v) is 4.70. The molecule has 1 atom stereocenters. The number of hydrogen-bond donors (Lipinski definition) is 1. The van der Waals surface area contributed by atoms with E-state index in [4.69, 9.17) is 4.74 Å². The lowest BCUT2D eigenvalue weighted by Crippen LogP contribution is -2.51. The zero-order chi connectivity index (χ0) is 21.4. The second-order valence-electron chi connectivity index (χ2n) is 7.65. The van der Waals surface area contributed by atoms with Gasteiger partial charge in [0.2, 0.25) is 5.91 Å². The van der Waals surface area contributed by atoms with Crippen LogP contribution in [0, 0.1) is 13.8 Å². The Morgan fingerprint density at radius 3 is 2.41 bits per heavy atom. The van der Waals surface area contributed by atoms with Crippen LogP contribution in [0.2, 0.25) is 0 Å². The molecule has 0 unspecified atom stereocenters. The van der Waals surface area contributed by atoms with Crippen molar-refractivity contribution in [3.8, 4) is 5.75 Å². The monoisotopic (exact) mass is 396 g/mol. The molecule has 1 N–H and O–H groups in total. The zero-order valence-corrected chi connectivity index (χ0v) is 18.1. The van der Waals surface area contributed by atoms with Crippen LogP contribution < -0.4 is 10.1 Å². The number of carbonyl (C=O) groups is 2. The molecule has 2 rings (SSSR count). The van der Waals surface area contributed by atoms with E-state index in [1.807, 2.05) is 83.1 Å². The summed E-state index contributed by atoms with van der Waals surface area (Å²) in [6.07, 6.45) is 0.528. The first kappa shape index (κ1) is 22.5. The van der Waals surface area contributed by atoms with Crippen LogP contribution in [0.15, 0.2) is 48.5 Å². The Bertz CT molecular complexity index is 832. The smallest absolute Gasteiger partial charge is 0.261 e. The topological polar surface area (TPSA) is 58.6 Å². The van der Waals surface area contributed by atoms with Crippen LogP contribution in [0.1, 0.15) is 43.9 Å². The molecular formula is C24H32N2O3. The van der Waals surface area contributed by atoms with Gasteiger partial charge in [-0.1, -0.05) is 55.0 Å². The molecule has 5 heteroatoms. The summed E-state index contributed by atoms with van der Waals surface area (Å²) >= 11 is 0. The highest BCUT2D eigenvalue weighted by Crippen LogP contribution is 2.18. The van der Waals surface area contributed by atoms with E-state index >= 15 is 0 Å². The minimum atomic E-state index is -0.550. The van der Waals surface area contributed by atoms with Gasteiger partial charge in [-0.15, -0.1) is 0 Å². The van der Waals surface area contributed by atoms with E-state index in [-0.39, 0.29) is 24.5 Å². The van der Waals surface area contributed by atoms with Crippen LogP contribution in [0.4, 0.5) is 0 Å². The summed E-state index contributed by atoms with van der Waals surface area (Å²) < 4.78 is 5.77. The molecule has 0 radical (unpaired) electrons. The molecular weight excluding hydrogens is 364 g/mol. The molecule has 0 aliphatic heterocycles. The first-order valence-electron chi connectivity index (χ1n) is 10.2. The second kappa shape index (κ2) is 10.6. The summed E-state index contributed by atoms with van der Waals surface area (Å²) in [7, 11) is 0. The van der Waals surface area contributed by atoms with E-state index in [0.29, 0.717) is 18.7 Å². The Morgan fingerprint density at radius 1 is 1.07 bits per heavy atom. The molecule has 2 aromatic carbocycles. The molecule has 2 amide bonds. The maximum Gasteiger partial charge on any atom is 0.261 e. The fraction of sp³-hybridized carbons (Fsp3) is 0.417. The normalized spacial score (nSPS) is 11.8. The number of nitrogens with zero attached hydrogens (tertiary/aromatic N) is 1. The number of hydrogen-bond acceptors (Lipinski definition) is 3. The average molecular weight is 397 g/mol. The van der Waals surface area contributed by atoms with E-state index in [2.05, 4.69) is 5.32 Å². The fourth-order valence-corrected chi connectivity index (χ4v) is 3.25. The van der Waals surface area contributed by atoms with Crippen molar-refractivity contribution in [3.05, 3.63) is 65.2 Å². The molecule has 0 spiro atoms. The van der Waals surface area contributed by atoms with Crippen LogP contribution in [0.3, 0.4) is 0 Å². The highest BCUT2D eigenvalue weighted by atomic mass is 16.5. The molecule has 5 nitrogen and oxygen atoms in total. The van der Waals surface area contributed by atoms with Gasteiger partial charge in [-0.2, -0.15) is 0 Å². The molecule has 0 fully saturated rings. The van der Waals surface area contributed by atoms with E-state index in [1.165, 1.54) is 0 Å². The summed E-state index contributed by atoms with van der Waals surface area (Å²) in [4.78, 5) is 27.5. The number of amides is 2. The van der Waals surface area contributed by atoms with Crippen LogP contribution in [0.5, 0.6) is 5.75 Å². The van der Waals surface area contributed by atoms with Gasteiger partial charge < -0.3 is 15.0 Å². The molecule has 29 heavy (non-hydrogen) atoms. The number of benzene rings is 2. The van der Waals surface area contributed by atoms with Gasteiger partial charge in [-0.25, -0.2) is 0 Å². The maximum absolute atomic E-state index is 13.1. The molecule has 0 saturated heterocycles. The van der Waals surface area contributed by atoms with Crippen molar-refractivity contribution in [2.75, 3.05) is 6.61 Å². The van der Waals surface area contributed by atoms with Gasteiger partial charge in [-0.3, -0.25) is 9.59 Å². The summed E-state index contributed by atoms with van der Waals surface area (Å²) in [5, 5.41) is 2.94. The van der Waals surface area contributed by atoms with Gasteiger partial charge in [0.15, 0.2) is 6.61 Å². The Kier molecular flexibility index (Phi) is 8.25. The zero-order valence-electron chi connectivity index (χ0n) is 18.1. The van der Waals surface area contributed by atoms with Gasteiger partial charge in [0.05, 0.1) is 0 Å². The Hall–Kier alpha value is -2.82. The predicted octanol–water partition coefficient (Wildman–Crippen LogP) is 4.01. The quantitative estimate of drug-likeness (QED) is 0.697. The van der Waals surface area contributed by atoms with Gasteiger partial charge in [0, 0.05) is 12.6 Å². The lowest BCUT2D eigenvalue weighted by molar-refractivity contribution is -0.143. The molecule has 0 heterocycles. The molecule has 0 aliphatic rings. The van der Waals surface area contributed by atoms with E-state index in [9.17, 15) is 9.59 Å². The predicted molar refractivity (Wildman–Crippen MR) is 116 cm³/mol. The average Bonchev–Trinajstić information content (AvgIpc) is 2.66. The fourth-order valence-electron chi connectivity index (χ4n) is 3.25. The van der Waals surface area contributed by atoms with Crippen LogP contribution in [-0.2, 0) is 16.1 Å². The summed E-state index contributed by atoms with van der Waals surface area (Å²) in [6.45, 7) is 9.96. The van der Waals surface area contributed by atoms with E-state index in [1.54, 1.807) is 4.90 Å². The van der Waals surface area contributed by atoms with Crippen LogP contribution in [0.25, 0.3) is 0 Å². The van der Waals surface area contributed by atoms with Gasteiger partial charge in [0.1, 0.15) is 11.8 Å². The van der Waals surface area contributed by atoms with Gasteiger partial charge in [0.25, 0.3) is 5.91 Å². The lowest BCUT2D eigenvalue weighted by atomic mass is 10.1. The Labute approximate surface area is 174 Å². The number of nitrogens with one attached hydrogen (secondary N) is 1. The second-order valence-corrected chi connectivity index (χ2v) is 7.65. The standard InChI is InChI=1S/C24H32N2O3/c1-6-21(24(28)25-17(2)3)26(15-20-12-9-10-18(4)14-20)23(27)16-29-22-13-8-7-11-19(22)5/h7-14,17,21H,6,15-16H2,1-5H3,(H,25,28)/t21-/m0/s1. The summed E-state index contributed by atoms with van der Waals surface area (Å²) in [5.41, 5.74) is 3.07. The van der Waals surface area contributed by atoms with E-state index in [0.717, 1.165) is 16.7 Å². The first-order chi connectivity index (χ1) is 13.8. The van der Waals surface area contributed by atoms with Crippen LogP contribution >= 0.6 is 0 Å². The molecule has 0 saturated carbocycles. The molecule has 0 aliphatic carbocycles. The largest absolute Gasteiger partial charge is 0.484 e. The molecule has 2 aromatic rings. The van der Waals surface area contributed by atoms with Gasteiger partial charge >= 0.3 is 0 Å². The third-order valence-electron chi connectivity index (χ3n) is 4.70. The number of rotatable bonds is 9. The summed E-state index contributed by atoms with van der Waals surface area (Å²) in [6, 6.07) is 15.0. The van der Waals surface area contributed by atoms with Crippen molar-refractivity contribution < 1.29 is 14.3 Å². The maximum atomic E-state index is 13.1. The van der Waals surface area contributed by atoms with Crippen molar-refractivity contribution in [3.63, 3.8) is 0 Å². The highest BCUT2D eigenvalue weighted by Gasteiger charge is 2.29. The summed E-state index contributed by atoms with van der Waals surface area (Å²) in [5.74, 6) is 0.330. The molecule has 156 valence electrons. The lowest BCUT2D eigenvalue weighted by Gasteiger charge is -2.31. The van der Waals surface area contributed by atoms with Crippen molar-refractivity contribution in [1.82, 2.24) is 10.2 Å². The Morgan fingerprint density at radius 2 is 1.79 bits per heavy atom. The van der Waals surface area contributed by atoms with Gasteiger partial charge in [-0.05, 0) is 51.3 Å². The third kappa shape index (κ3) is 6.63. The van der Waals surface area contributed by atoms with Crippen molar-refractivity contribution in [2.45, 2.75) is 59.7 Å². The van der Waals surface area contributed by atoms with E-state index < -0.39 is 6.04 Å². The Balaban J connectivity index is 2.23. The number of aryl methyl sites for hydroxylation is 2. The van der Waals surface area contributed by atoms with Crippen molar-refractivity contribution in [2.24, 2.45) is 0 Å². The molecule has 0 aromatic heterocycles. The SMILES string of the molecule is CC[C@@H](C(=O)NC(C)C)N(Cc1cccc(C)c1)C(=O)COc1ccccc1C. The number of para-hydroxylation sites is 1. The highest BCUT2D eigenvalue weighted by molar-refractivity contribution is 5.88. The number of carbonyl (C=O) groups excluding carboxylic acids is 2. The first-order valence-corrected chi connectivity index (χ1v) is 10.2. The molecule has 0 bridgehead atoms. The minimum Gasteiger partial charge on any atom is -0.484 e.